The summed E-state index contributed by atoms with van der Waals surface area (Å²) in [4.78, 5) is 12.8. The minimum Gasteiger partial charge on any atom is -0.383 e. The molecule has 4 heteroatoms. The molecule has 11 heavy (non-hydrogen) atoms. The zero-order chi connectivity index (χ0) is 8.85. The van der Waals surface area contributed by atoms with Crippen LogP contribution in [-0.2, 0) is 9.53 Å². The van der Waals surface area contributed by atoms with Crippen LogP contribution in [0.2, 0.25) is 0 Å². The maximum absolute atomic E-state index is 11.2. The average Bonchev–Trinajstić information content (AvgIpc) is 1.98. The molecule has 0 radical (unpaired) electrons. The third-order valence-electron chi connectivity index (χ3n) is 1.42. The molecule has 1 amide bonds. The van der Waals surface area contributed by atoms with Gasteiger partial charge in [0.05, 0.1) is 6.61 Å². The second-order valence-corrected chi connectivity index (χ2v) is 2.53. The van der Waals surface area contributed by atoms with Crippen LogP contribution in [0.25, 0.3) is 0 Å². The van der Waals surface area contributed by atoms with E-state index >= 15 is 0 Å². The molecule has 66 valence electrons. The van der Waals surface area contributed by atoms with E-state index in [1.165, 1.54) is 0 Å². The maximum atomic E-state index is 11.2. The topological polar surface area (TPSA) is 41.6 Å². The average molecular weight is 160 g/mol. The Balaban J connectivity index is 3.92. The summed E-state index contributed by atoms with van der Waals surface area (Å²) in [5.41, 5.74) is 0. The van der Waals surface area contributed by atoms with Gasteiger partial charge in [-0.3, -0.25) is 4.79 Å². The van der Waals surface area contributed by atoms with Crippen molar-refractivity contribution < 1.29 is 9.53 Å². The number of hydrogen-bond acceptors (Lipinski definition) is 3. The van der Waals surface area contributed by atoms with Gasteiger partial charge in [-0.25, -0.2) is 0 Å². The zero-order valence-corrected chi connectivity index (χ0v) is 7.55. The lowest BCUT2D eigenvalue weighted by atomic mass is 10.3. The Morgan fingerprint density at radius 1 is 1.64 bits per heavy atom. The first-order chi connectivity index (χ1) is 5.13. The van der Waals surface area contributed by atoms with Crippen molar-refractivity contribution >= 4 is 5.91 Å². The highest BCUT2D eigenvalue weighted by Gasteiger charge is 2.16. The van der Waals surface area contributed by atoms with E-state index in [0.717, 1.165) is 0 Å². The van der Waals surface area contributed by atoms with Crippen LogP contribution in [-0.4, -0.2) is 51.7 Å². The molecule has 0 saturated carbocycles. The summed E-state index contributed by atoms with van der Waals surface area (Å²) in [6.45, 7) is 0.410. The summed E-state index contributed by atoms with van der Waals surface area (Å²) in [6.07, 6.45) is 0. The zero-order valence-electron chi connectivity index (χ0n) is 7.55. The molecule has 1 atom stereocenters. The molecule has 0 spiro atoms. The van der Waals surface area contributed by atoms with Crippen LogP contribution in [0.1, 0.15) is 0 Å². The van der Waals surface area contributed by atoms with Gasteiger partial charge < -0.3 is 15.0 Å². The first-order valence-corrected chi connectivity index (χ1v) is 3.50. The van der Waals surface area contributed by atoms with Gasteiger partial charge in [-0.15, -0.1) is 0 Å². The van der Waals surface area contributed by atoms with E-state index < -0.39 is 0 Å². The van der Waals surface area contributed by atoms with Crippen molar-refractivity contribution in [1.29, 1.82) is 0 Å². The Kier molecular flexibility index (Phi) is 4.81. The number of hydrogen-bond donors (Lipinski definition) is 1. The minimum atomic E-state index is -0.227. The molecule has 0 saturated heterocycles. The molecule has 0 heterocycles. The minimum absolute atomic E-state index is 0.0364. The van der Waals surface area contributed by atoms with Gasteiger partial charge in [0.2, 0.25) is 5.91 Å². The summed E-state index contributed by atoms with van der Waals surface area (Å²) in [7, 11) is 6.77. The molecule has 1 N–H and O–H groups in total. The van der Waals surface area contributed by atoms with E-state index in [4.69, 9.17) is 4.74 Å². The van der Waals surface area contributed by atoms with Crippen LogP contribution in [0.4, 0.5) is 0 Å². The van der Waals surface area contributed by atoms with Crippen LogP contribution in [0.5, 0.6) is 0 Å². The summed E-state index contributed by atoms with van der Waals surface area (Å²) in [5, 5.41) is 2.87. The van der Waals surface area contributed by atoms with E-state index in [-0.39, 0.29) is 11.9 Å². The van der Waals surface area contributed by atoms with Crippen molar-refractivity contribution in [2.45, 2.75) is 6.04 Å². The number of amides is 1. The third-order valence-corrected chi connectivity index (χ3v) is 1.42. The number of likely N-dealkylation sites (N-methyl/N-ethyl adjacent to an activating group) is 2. The van der Waals surface area contributed by atoms with E-state index in [1.807, 2.05) is 0 Å². The predicted molar refractivity (Wildman–Crippen MR) is 43.4 cm³/mol. The number of rotatable bonds is 4. The number of nitrogens with zero attached hydrogens (tertiary/aromatic N) is 1. The number of methoxy groups -OCH3 is 1. The van der Waals surface area contributed by atoms with E-state index in [2.05, 4.69) is 5.32 Å². The summed E-state index contributed by atoms with van der Waals surface area (Å²) < 4.78 is 4.86. The van der Waals surface area contributed by atoms with Crippen LogP contribution in [0.3, 0.4) is 0 Å². The largest absolute Gasteiger partial charge is 0.383 e. The number of carbonyl (C=O) groups is 1. The van der Waals surface area contributed by atoms with Crippen molar-refractivity contribution in [3.63, 3.8) is 0 Å². The summed E-state index contributed by atoms with van der Waals surface area (Å²) >= 11 is 0. The molecule has 0 rings (SSSR count). The van der Waals surface area contributed by atoms with E-state index in [9.17, 15) is 4.79 Å². The molecular formula is C7H16N2O2. The lowest BCUT2D eigenvalue weighted by Crippen LogP contribution is -2.44. The Morgan fingerprint density at radius 2 is 2.18 bits per heavy atom. The van der Waals surface area contributed by atoms with Crippen LogP contribution >= 0.6 is 0 Å². The smallest absolute Gasteiger partial charge is 0.241 e. The molecule has 0 aromatic carbocycles. The molecule has 0 bridgehead atoms. The Bertz CT molecular complexity index is 126. The van der Waals surface area contributed by atoms with Gasteiger partial charge in [0, 0.05) is 21.2 Å². The van der Waals surface area contributed by atoms with Gasteiger partial charge in [0.1, 0.15) is 6.04 Å². The monoisotopic (exact) mass is 160 g/mol. The normalized spacial score (nSPS) is 12.7. The Morgan fingerprint density at radius 3 is 2.45 bits per heavy atom. The highest BCUT2D eigenvalue weighted by atomic mass is 16.5. The first-order valence-electron chi connectivity index (χ1n) is 3.50. The molecule has 0 aliphatic heterocycles. The highest BCUT2D eigenvalue weighted by molar-refractivity contribution is 5.81. The molecule has 1 unspecified atom stereocenters. The number of ether oxygens (including phenoxy) is 1. The molecular weight excluding hydrogens is 144 g/mol. The second kappa shape index (κ2) is 5.09. The molecule has 0 aromatic rings. The van der Waals surface area contributed by atoms with Gasteiger partial charge in [0.25, 0.3) is 0 Å². The number of carbonyl (C=O) groups excluding carboxylic acids is 1. The van der Waals surface area contributed by atoms with Gasteiger partial charge in [-0.1, -0.05) is 0 Å². The van der Waals surface area contributed by atoms with Crippen LogP contribution in [0.15, 0.2) is 0 Å². The molecule has 0 aliphatic rings. The van der Waals surface area contributed by atoms with E-state index in [0.29, 0.717) is 6.61 Å². The standard InChI is InChI=1S/C7H16N2O2/c1-8-6(5-11-4)7(10)9(2)3/h6,8H,5H2,1-4H3. The highest BCUT2D eigenvalue weighted by Crippen LogP contribution is 1.89. The second-order valence-electron chi connectivity index (χ2n) is 2.53. The van der Waals surface area contributed by atoms with E-state index in [1.54, 1.807) is 33.2 Å². The van der Waals surface area contributed by atoms with Crippen molar-refractivity contribution in [1.82, 2.24) is 10.2 Å². The Hall–Kier alpha value is -0.610. The first kappa shape index (κ1) is 10.4. The fourth-order valence-corrected chi connectivity index (χ4v) is 0.756. The fourth-order valence-electron chi connectivity index (χ4n) is 0.756. The third kappa shape index (κ3) is 3.34. The lowest BCUT2D eigenvalue weighted by Gasteiger charge is -2.18. The van der Waals surface area contributed by atoms with Crippen LogP contribution in [0, 0.1) is 0 Å². The fraction of sp³-hybridized carbons (Fsp3) is 0.857. The molecule has 0 aromatic heterocycles. The SMILES string of the molecule is CNC(COC)C(=O)N(C)C. The molecule has 0 aliphatic carbocycles. The summed E-state index contributed by atoms with van der Waals surface area (Å²) in [5.74, 6) is 0.0364. The Labute approximate surface area is 67.5 Å². The van der Waals surface area contributed by atoms with Gasteiger partial charge in [-0.05, 0) is 7.05 Å². The lowest BCUT2D eigenvalue weighted by molar-refractivity contribution is -0.132. The van der Waals surface area contributed by atoms with Gasteiger partial charge in [-0.2, -0.15) is 0 Å². The van der Waals surface area contributed by atoms with Crippen molar-refractivity contribution in [2.24, 2.45) is 0 Å². The quantitative estimate of drug-likeness (QED) is 0.592. The number of nitrogens with one attached hydrogen (secondary N) is 1. The molecule has 4 nitrogen and oxygen atoms in total. The maximum Gasteiger partial charge on any atom is 0.241 e. The predicted octanol–water partition coefficient (Wildman–Crippen LogP) is -0.691. The van der Waals surface area contributed by atoms with Crippen molar-refractivity contribution in [3.8, 4) is 0 Å². The van der Waals surface area contributed by atoms with Crippen LogP contribution < -0.4 is 5.32 Å². The van der Waals surface area contributed by atoms with Gasteiger partial charge >= 0.3 is 0 Å². The van der Waals surface area contributed by atoms with Crippen molar-refractivity contribution in [3.05, 3.63) is 0 Å². The van der Waals surface area contributed by atoms with Crippen molar-refractivity contribution in [2.75, 3.05) is 34.9 Å². The molecule has 0 fully saturated rings. The summed E-state index contributed by atoms with van der Waals surface area (Å²) in [6, 6.07) is -0.227. The van der Waals surface area contributed by atoms with Gasteiger partial charge in [0.15, 0.2) is 0 Å².